The lowest BCUT2D eigenvalue weighted by Gasteiger charge is -2.36. The molecule has 3 nitrogen and oxygen atoms in total. The normalized spacial score (nSPS) is 28.9. The van der Waals surface area contributed by atoms with E-state index in [0.29, 0.717) is 23.0 Å². The van der Waals surface area contributed by atoms with Crippen molar-refractivity contribution in [1.29, 1.82) is 10.5 Å². The molecule has 4 aromatic carbocycles. The summed E-state index contributed by atoms with van der Waals surface area (Å²) in [5.41, 5.74) is 10.1. The number of fused-ring (bicyclic) bond motifs is 10. The number of anilines is 2. The fraction of sp³-hybridized carbons (Fsp3) is 0.191. The Bertz CT molecular complexity index is 2610. The van der Waals surface area contributed by atoms with Gasteiger partial charge in [0.05, 0.1) is 28.1 Å². The minimum Gasteiger partial charge on any atom is -0.331 e. The first-order valence-corrected chi connectivity index (χ1v) is 19.5. The van der Waals surface area contributed by atoms with Crippen molar-refractivity contribution in [3.05, 3.63) is 166 Å². The van der Waals surface area contributed by atoms with Crippen LogP contribution in [-0.2, 0) is 10.2 Å². The number of nitrogens with zero attached hydrogens (tertiary/aromatic N) is 3. The van der Waals surface area contributed by atoms with Crippen molar-refractivity contribution in [2.75, 3.05) is 4.90 Å². The van der Waals surface area contributed by atoms with E-state index in [-0.39, 0.29) is 15.5 Å². The van der Waals surface area contributed by atoms with Crippen LogP contribution >= 0.6 is 23.1 Å². The maximum atomic E-state index is 10.6. The van der Waals surface area contributed by atoms with Crippen LogP contribution < -0.4 is 4.90 Å². The third kappa shape index (κ3) is 4.24. The van der Waals surface area contributed by atoms with E-state index in [0.717, 1.165) is 28.1 Å². The summed E-state index contributed by atoms with van der Waals surface area (Å²) in [5, 5.41) is 21.7. The molecule has 1 fully saturated rings. The molecule has 250 valence electrons. The highest BCUT2D eigenvalue weighted by molar-refractivity contribution is 8.02. The fourth-order valence-electron chi connectivity index (χ4n) is 9.74. The molecule has 1 aromatic heterocycles. The van der Waals surface area contributed by atoms with Gasteiger partial charge < -0.3 is 4.90 Å². The maximum absolute atomic E-state index is 10.6. The number of hydrogen-bond acceptors (Lipinski definition) is 5. The Morgan fingerprint density at radius 1 is 0.769 bits per heavy atom. The van der Waals surface area contributed by atoms with Crippen LogP contribution in [0, 0.1) is 34.5 Å². The Labute approximate surface area is 313 Å². The van der Waals surface area contributed by atoms with E-state index < -0.39 is 5.41 Å². The smallest absolute Gasteiger partial charge is 0.101 e. The molecule has 5 aromatic rings. The summed E-state index contributed by atoms with van der Waals surface area (Å²) in [5.74, 6) is 0.778. The third-order valence-electron chi connectivity index (χ3n) is 12.2. The van der Waals surface area contributed by atoms with Gasteiger partial charge >= 0.3 is 0 Å². The van der Waals surface area contributed by atoms with Crippen LogP contribution in [0.3, 0.4) is 0 Å². The lowest BCUT2D eigenvalue weighted by Crippen LogP contribution is -2.40. The van der Waals surface area contributed by atoms with Gasteiger partial charge in [-0.15, -0.1) is 23.1 Å². The zero-order valence-corrected chi connectivity index (χ0v) is 30.8. The van der Waals surface area contributed by atoms with Gasteiger partial charge in [-0.2, -0.15) is 10.5 Å². The molecule has 0 bridgehead atoms. The summed E-state index contributed by atoms with van der Waals surface area (Å²) in [7, 11) is 0. The first-order chi connectivity index (χ1) is 25.3. The summed E-state index contributed by atoms with van der Waals surface area (Å²) >= 11 is 4.07. The molecule has 0 spiro atoms. The van der Waals surface area contributed by atoms with Gasteiger partial charge in [0.2, 0.25) is 0 Å². The minimum absolute atomic E-state index is 0.00882. The molecular formula is C47H35N3S2. The van der Waals surface area contributed by atoms with Gasteiger partial charge in [-0.1, -0.05) is 109 Å². The Hall–Kier alpha value is -5.33. The highest BCUT2D eigenvalue weighted by Gasteiger charge is 2.58. The van der Waals surface area contributed by atoms with Gasteiger partial charge in [-0.25, -0.2) is 0 Å². The lowest BCUT2D eigenvalue weighted by atomic mass is 9.70. The molecule has 0 radical (unpaired) electrons. The minimum atomic E-state index is -0.414. The number of thioether (sulfide) groups is 1. The second-order valence-electron chi connectivity index (χ2n) is 15.2. The number of thiophene rings is 1. The van der Waals surface area contributed by atoms with Crippen molar-refractivity contribution < 1.29 is 0 Å². The second-order valence-corrected chi connectivity index (χ2v) is 18.2. The summed E-state index contributed by atoms with van der Waals surface area (Å²) in [6, 6.07) is 37.0. The summed E-state index contributed by atoms with van der Waals surface area (Å²) in [6.45, 7) is 7.10. The number of rotatable bonds is 3. The highest BCUT2D eigenvalue weighted by Crippen LogP contribution is 2.68. The predicted octanol–water partition coefficient (Wildman–Crippen LogP) is 11.9. The molecule has 5 aliphatic rings. The van der Waals surface area contributed by atoms with Gasteiger partial charge in [0.15, 0.2) is 0 Å². The first-order valence-electron chi connectivity index (χ1n) is 17.9. The van der Waals surface area contributed by atoms with Gasteiger partial charge in [0.1, 0.15) is 6.07 Å². The van der Waals surface area contributed by atoms with Crippen LogP contribution in [0.1, 0.15) is 47.9 Å². The summed E-state index contributed by atoms with van der Waals surface area (Å²) < 4.78 is 1.24. The Kier molecular flexibility index (Phi) is 6.70. The van der Waals surface area contributed by atoms with Crippen LogP contribution in [-0.4, -0.2) is 10.8 Å². The molecule has 3 heterocycles. The highest BCUT2D eigenvalue weighted by atomic mass is 32.2. The van der Waals surface area contributed by atoms with Gasteiger partial charge in [0, 0.05) is 53.8 Å². The van der Waals surface area contributed by atoms with Crippen molar-refractivity contribution in [3.63, 3.8) is 0 Å². The second kappa shape index (κ2) is 11.1. The Morgan fingerprint density at radius 2 is 1.60 bits per heavy atom. The van der Waals surface area contributed by atoms with E-state index in [2.05, 4.69) is 171 Å². The van der Waals surface area contributed by atoms with Crippen molar-refractivity contribution in [3.8, 4) is 23.3 Å². The SMILES string of the molecule is CC12C=C(C#N)C=CC1N(c1c(C#N)cccc1-c1ccc3sc4c(c3c1)C=CC1C3C=C(c5ccccc5)C=C[C@@]3(C)S[C@@]41C)c1ccccc12. The fourth-order valence-corrected chi connectivity index (χ4v) is 13.2. The molecule has 52 heavy (non-hydrogen) atoms. The van der Waals surface area contributed by atoms with Crippen molar-refractivity contribution in [2.24, 2.45) is 11.8 Å². The van der Waals surface area contributed by atoms with E-state index in [9.17, 15) is 10.5 Å². The molecule has 5 heteroatoms. The third-order valence-corrected chi connectivity index (χ3v) is 15.5. The van der Waals surface area contributed by atoms with Crippen LogP contribution in [0.2, 0.25) is 0 Å². The number of allylic oxidation sites excluding steroid dienone is 6. The number of benzene rings is 4. The van der Waals surface area contributed by atoms with Crippen LogP contribution in [0.4, 0.5) is 11.4 Å². The number of hydrogen-bond donors (Lipinski definition) is 0. The Balaban J connectivity index is 1.09. The average Bonchev–Trinajstić information content (AvgIpc) is 3.76. The van der Waals surface area contributed by atoms with Crippen LogP contribution in [0.15, 0.2) is 139 Å². The standard InChI is InChI=1S/C47H35N3S2/c1-45-26-29(27-48)16-21-42(45)50(40-15-8-7-14-38(40)45)43-33(28-49)12-9-13-34(43)32-17-20-41-36(24-32)35-18-19-37-39-25-31(30-10-5-4-6-11-30)22-23-46(39,2)52-47(37,3)44(35)51-41/h4-26,37,39,42H,1-3H3/t37?,39?,42?,45?,46-,47-/m1/s1. The van der Waals surface area contributed by atoms with Gasteiger partial charge in [-0.05, 0) is 78.9 Å². The maximum Gasteiger partial charge on any atom is 0.101 e. The monoisotopic (exact) mass is 705 g/mol. The Morgan fingerprint density at radius 3 is 2.42 bits per heavy atom. The first kappa shape index (κ1) is 31.4. The van der Waals surface area contributed by atoms with Crippen molar-refractivity contribution in [1.82, 2.24) is 0 Å². The molecule has 2 aliphatic heterocycles. The van der Waals surface area contributed by atoms with Crippen molar-refractivity contribution >= 4 is 56.2 Å². The molecule has 4 unspecified atom stereocenters. The molecule has 10 rings (SSSR count). The van der Waals surface area contributed by atoms with Crippen molar-refractivity contribution in [2.45, 2.75) is 41.7 Å². The molecular weight excluding hydrogens is 671 g/mol. The van der Waals surface area contributed by atoms with E-state index in [1.807, 2.05) is 29.5 Å². The molecule has 3 aliphatic carbocycles. The zero-order chi connectivity index (χ0) is 35.4. The topological polar surface area (TPSA) is 50.8 Å². The molecule has 6 atom stereocenters. The molecule has 0 saturated carbocycles. The largest absolute Gasteiger partial charge is 0.331 e. The number of para-hydroxylation sites is 2. The lowest BCUT2D eigenvalue weighted by molar-refractivity contribution is 0.390. The number of nitriles is 2. The quantitative estimate of drug-likeness (QED) is 0.187. The van der Waals surface area contributed by atoms with E-state index >= 15 is 0 Å². The zero-order valence-electron chi connectivity index (χ0n) is 29.2. The van der Waals surface area contributed by atoms with Crippen LogP contribution in [0.5, 0.6) is 0 Å². The van der Waals surface area contributed by atoms with E-state index in [4.69, 9.17) is 0 Å². The summed E-state index contributed by atoms with van der Waals surface area (Å²) in [6.07, 6.45) is 18.4. The van der Waals surface area contributed by atoms with Gasteiger partial charge in [0.25, 0.3) is 0 Å². The average molecular weight is 706 g/mol. The van der Waals surface area contributed by atoms with Crippen LogP contribution in [0.25, 0.3) is 32.9 Å². The molecule has 1 saturated heterocycles. The van der Waals surface area contributed by atoms with E-state index in [1.54, 1.807) is 0 Å². The van der Waals surface area contributed by atoms with Gasteiger partial charge in [-0.3, -0.25) is 0 Å². The molecule has 0 amide bonds. The van der Waals surface area contributed by atoms with E-state index in [1.165, 1.54) is 31.7 Å². The molecule has 0 N–H and O–H groups in total. The predicted molar refractivity (Wildman–Crippen MR) is 217 cm³/mol. The summed E-state index contributed by atoms with van der Waals surface area (Å²) in [4.78, 5) is 3.80.